The third kappa shape index (κ3) is 4.95. The largest absolute Gasteiger partial charge is 0.275 e. The van der Waals surface area contributed by atoms with Gasteiger partial charge >= 0.3 is 0 Å². The number of aromatic nitrogens is 4. The zero-order chi connectivity index (χ0) is 38.2. The Morgan fingerprint density at radius 2 is 0.448 bits per heavy atom. The summed E-state index contributed by atoms with van der Waals surface area (Å²) in [6.45, 7) is 0. The molecule has 4 aromatic heterocycles. The third-order valence-electron chi connectivity index (χ3n) is 11.0. The average molecular weight is 745 g/mol. The molecule has 12 rings (SSSR count). The summed E-state index contributed by atoms with van der Waals surface area (Å²) in [6.07, 6.45) is 0. The molecule has 0 atom stereocenters. The van der Waals surface area contributed by atoms with Crippen molar-refractivity contribution in [1.82, 2.24) is 19.9 Å². The van der Waals surface area contributed by atoms with Crippen molar-refractivity contribution in [2.45, 2.75) is 0 Å². The van der Waals surface area contributed by atoms with Crippen molar-refractivity contribution in [3.63, 3.8) is 0 Å². The Balaban J connectivity index is 1.23. The first-order valence-corrected chi connectivity index (χ1v) is 19.3. The van der Waals surface area contributed by atoms with E-state index in [2.05, 4.69) is 165 Å². The van der Waals surface area contributed by atoms with Crippen molar-refractivity contribution in [3.05, 3.63) is 206 Å². The van der Waals surface area contributed by atoms with E-state index in [1.807, 2.05) is 48.5 Å². The second kappa shape index (κ2) is 12.7. The molecule has 0 unspecified atom stereocenters. The molecule has 58 heavy (non-hydrogen) atoms. The van der Waals surface area contributed by atoms with E-state index < -0.39 is 0 Å². The number of para-hydroxylation sites is 8. The van der Waals surface area contributed by atoms with E-state index in [1.165, 1.54) is 0 Å². The van der Waals surface area contributed by atoms with Crippen LogP contribution < -0.4 is 19.6 Å². The molecular weight excluding hydrogens is 713 g/mol. The van der Waals surface area contributed by atoms with Crippen LogP contribution in [0.4, 0.5) is 46.0 Å². The van der Waals surface area contributed by atoms with Crippen LogP contribution in [0.15, 0.2) is 206 Å². The summed E-state index contributed by atoms with van der Waals surface area (Å²) >= 11 is 0. The van der Waals surface area contributed by atoms with Gasteiger partial charge < -0.3 is 0 Å². The van der Waals surface area contributed by atoms with Gasteiger partial charge in [-0.2, -0.15) is 0 Å². The Kier molecular flexibility index (Phi) is 7.06. The quantitative estimate of drug-likeness (QED) is 0.176. The number of hydrogen-bond donors (Lipinski definition) is 0. The fourth-order valence-corrected chi connectivity index (χ4v) is 8.39. The molecule has 0 saturated heterocycles. The van der Waals surface area contributed by atoms with Crippen LogP contribution in [-0.4, -0.2) is 19.9 Å². The lowest BCUT2D eigenvalue weighted by atomic mass is 10.2. The van der Waals surface area contributed by atoms with Crippen LogP contribution in [-0.2, 0) is 0 Å². The lowest BCUT2D eigenvalue weighted by Crippen LogP contribution is -2.34. The molecule has 272 valence electrons. The fraction of sp³-hybridized carbons (Fsp3) is 0. The van der Waals surface area contributed by atoms with Crippen LogP contribution in [0.3, 0.4) is 0 Å². The summed E-state index contributed by atoms with van der Waals surface area (Å²) in [4.78, 5) is 30.5. The summed E-state index contributed by atoms with van der Waals surface area (Å²) in [6, 6.07) is 67.0. The number of hydrogen-bond acceptors (Lipinski definition) is 8. The molecule has 0 saturated carbocycles. The predicted octanol–water partition coefficient (Wildman–Crippen LogP) is 12.3. The van der Waals surface area contributed by atoms with Crippen molar-refractivity contribution in [1.29, 1.82) is 0 Å². The summed E-state index contributed by atoms with van der Waals surface area (Å²) in [7, 11) is 0. The molecule has 0 bridgehead atoms. The maximum atomic E-state index is 5.36. The van der Waals surface area contributed by atoms with E-state index in [-0.39, 0.29) is 0 Å². The highest BCUT2D eigenvalue weighted by Crippen LogP contribution is 2.56. The first kappa shape index (κ1) is 32.2. The molecule has 0 fully saturated rings. The molecule has 2 aliphatic rings. The molecule has 6 aromatic carbocycles. The number of anilines is 8. The molecule has 10 aromatic rings. The zero-order valence-electron chi connectivity index (χ0n) is 31.1. The molecule has 8 nitrogen and oxygen atoms in total. The van der Waals surface area contributed by atoms with Crippen molar-refractivity contribution < 1.29 is 0 Å². The smallest absolute Gasteiger partial charge is 0.168 e. The molecule has 0 N–H and O–H groups in total. The van der Waals surface area contributed by atoms with Crippen molar-refractivity contribution in [2.75, 3.05) is 19.6 Å². The molecule has 0 spiro atoms. The van der Waals surface area contributed by atoms with Crippen LogP contribution >= 0.6 is 0 Å². The minimum absolute atomic E-state index is 0.769. The van der Waals surface area contributed by atoms with E-state index in [0.717, 1.165) is 101 Å². The van der Waals surface area contributed by atoms with Gasteiger partial charge in [-0.1, -0.05) is 97.1 Å². The topological polar surface area (TPSA) is 64.5 Å². The SMILES string of the molecule is c1ccc2c(c1)N(c1ccc3ccccc3n1)C(=C1N(c3ccc4ccccc4n3)c3ccccc3N1c1ccc3ccccc3n1)N2c1ccc2ccccc2n1. The second-order valence-corrected chi connectivity index (χ2v) is 14.4. The molecule has 2 aliphatic heterocycles. The monoisotopic (exact) mass is 744 g/mol. The van der Waals surface area contributed by atoms with Gasteiger partial charge in [0, 0.05) is 21.5 Å². The van der Waals surface area contributed by atoms with Crippen LogP contribution in [0.2, 0.25) is 0 Å². The highest BCUT2D eigenvalue weighted by molar-refractivity contribution is 6.00. The molecule has 0 aliphatic carbocycles. The van der Waals surface area contributed by atoms with Gasteiger partial charge in [-0.15, -0.1) is 0 Å². The first-order chi connectivity index (χ1) is 28.8. The van der Waals surface area contributed by atoms with E-state index in [1.54, 1.807) is 0 Å². The Hall–Kier alpha value is -8.10. The molecule has 0 radical (unpaired) electrons. The Labute approximate surface area is 333 Å². The van der Waals surface area contributed by atoms with E-state index >= 15 is 0 Å². The van der Waals surface area contributed by atoms with Gasteiger partial charge in [-0.25, -0.2) is 19.9 Å². The Morgan fingerprint density at radius 3 is 0.707 bits per heavy atom. The predicted molar refractivity (Wildman–Crippen MR) is 235 cm³/mol. The van der Waals surface area contributed by atoms with Crippen LogP contribution in [0.5, 0.6) is 0 Å². The summed E-state index contributed by atoms with van der Waals surface area (Å²) in [5.41, 5.74) is 7.49. The lowest BCUT2D eigenvalue weighted by Gasteiger charge is -2.33. The Morgan fingerprint density at radius 1 is 0.224 bits per heavy atom. The average Bonchev–Trinajstić information content (AvgIpc) is 3.81. The van der Waals surface area contributed by atoms with Gasteiger partial charge in [-0.3, -0.25) is 19.6 Å². The van der Waals surface area contributed by atoms with Gasteiger partial charge in [0.1, 0.15) is 23.3 Å². The highest BCUT2D eigenvalue weighted by atomic mass is 15.5. The second-order valence-electron chi connectivity index (χ2n) is 14.4. The zero-order valence-corrected chi connectivity index (χ0v) is 31.1. The van der Waals surface area contributed by atoms with E-state index in [4.69, 9.17) is 19.9 Å². The maximum Gasteiger partial charge on any atom is 0.168 e. The lowest BCUT2D eigenvalue weighted by molar-refractivity contribution is 0.973. The summed E-state index contributed by atoms with van der Waals surface area (Å²) in [5.74, 6) is 4.73. The van der Waals surface area contributed by atoms with Gasteiger partial charge in [0.05, 0.1) is 44.8 Å². The summed E-state index contributed by atoms with van der Waals surface area (Å²) in [5, 5.41) is 4.27. The van der Waals surface area contributed by atoms with Gasteiger partial charge in [0.25, 0.3) is 0 Å². The van der Waals surface area contributed by atoms with Crippen molar-refractivity contribution >= 4 is 89.6 Å². The molecule has 8 heteroatoms. The number of nitrogens with zero attached hydrogens (tertiary/aromatic N) is 8. The van der Waals surface area contributed by atoms with Crippen molar-refractivity contribution in [3.8, 4) is 0 Å². The van der Waals surface area contributed by atoms with Crippen LogP contribution in [0.25, 0.3) is 43.6 Å². The van der Waals surface area contributed by atoms with Gasteiger partial charge in [0.15, 0.2) is 11.6 Å². The van der Waals surface area contributed by atoms with E-state index in [9.17, 15) is 0 Å². The standard InChI is InChI=1S/C50H32N8/c1-5-17-37-33(13-1)25-29-45(51-37)55-41-21-9-10-22-42(41)56(46-30-26-34-14-2-6-18-38(34)52-46)49(55)50-57(47-31-27-35-15-3-7-19-39(35)53-47)43-23-11-12-24-44(43)58(50)48-32-28-36-16-4-8-20-40(36)54-48/h1-32H. The van der Waals surface area contributed by atoms with Crippen LogP contribution in [0, 0.1) is 0 Å². The minimum atomic E-state index is 0.769. The van der Waals surface area contributed by atoms with Gasteiger partial charge in [-0.05, 0) is 97.1 Å². The number of pyridine rings is 4. The maximum absolute atomic E-state index is 5.36. The number of rotatable bonds is 4. The minimum Gasteiger partial charge on any atom is -0.275 e. The van der Waals surface area contributed by atoms with E-state index in [0.29, 0.717) is 0 Å². The molecule has 6 heterocycles. The number of fused-ring (bicyclic) bond motifs is 6. The van der Waals surface area contributed by atoms with Crippen LogP contribution in [0.1, 0.15) is 0 Å². The normalized spacial score (nSPS) is 13.7. The summed E-state index contributed by atoms with van der Waals surface area (Å²) < 4.78 is 0. The highest BCUT2D eigenvalue weighted by Gasteiger charge is 2.45. The van der Waals surface area contributed by atoms with Crippen molar-refractivity contribution in [2.24, 2.45) is 0 Å². The first-order valence-electron chi connectivity index (χ1n) is 19.3. The molecule has 0 amide bonds. The Bertz CT molecular complexity index is 2870. The third-order valence-corrected chi connectivity index (χ3v) is 11.0. The molecular formula is C50H32N8. The van der Waals surface area contributed by atoms with Gasteiger partial charge in [0.2, 0.25) is 0 Å². The fourth-order valence-electron chi connectivity index (χ4n) is 8.39. The number of benzene rings is 6.